The van der Waals surface area contributed by atoms with Gasteiger partial charge in [0.15, 0.2) is 5.69 Å². The molecule has 0 saturated carbocycles. The van der Waals surface area contributed by atoms with Crippen molar-refractivity contribution in [2.75, 3.05) is 36.8 Å². The van der Waals surface area contributed by atoms with Crippen molar-refractivity contribution in [1.29, 1.82) is 0 Å². The molecule has 0 amide bonds. The van der Waals surface area contributed by atoms with Gasteiger partial charge in [0, 0.05) is 36.8 Å². The molecule has 166 valence electrons. The van der Waals surface area contributed by atoms with E-state index in [-0.39, 0.29) is 24.5 Å². The molecule has 1 aliphatic heterocycles. The first-order valence-electron chi connectivity index (χ1n) is 9.47. The van der Waals surface area contributed by atoms with Crippen LogP contribution in [0.2, 0.25) is 0 Å². The zero-order valence-corrected chi connectivity index (χ0v) is 21.4. The molecule has 0 aromatic carbocycles. The Morgan fingerprint density at radius 2 is 1.90 bits per heavy atom. The Hall–Kier alpha value is -0.0300. The van der Waals surface area contributed by atoms with Crippen LogP contribution in [0.25, 0.3) is 0 Å². The highest BCUT2D eigenvalue weighted by molar-refractivity contribution is 9.09. The van der Waals surface area contributed by atoms with E-state index in [1.807, 2.05) is 23.2 Å². The van der Waals surface area contributed by atoms with Crippen LogP contribution in [0.1, 0.15) is 44.1 Å². The first kappa shape index (κ1) is 25.2. The number of alkyl halides is 3. The van der Waals surface area contributed by atoms with Gasteiger partial charge in [-0.2, -0.15) is 0 Å². The third kappa shape index (κ3) is 5.81. The van der Waals surface area contributed by atoms with Gasteiger partial charge in [0.1, 0.15) is 12.3 Å². The van der Waals surface area contributed by atoms with Gasteiger partial charge in [-0.25, -0.2) is 13.9 Å². The molecule has 9 nitrogen and oxygen atoms in total. The van der Waals surface area contributed by atoms with E-state index in [1.165, 1.54) is 4.57 Å². The second-order valence-electron chi connectivity index (χ2n) is 6.92. The highest BCUT2D eigenvalue weighted by atomic mass is 79.9. The summed E-state index contributed by atoms with van der Waals surface area (Å²) >= 11 is 12.9. The Bertz CT molecular complexity index is 739. The lowest BCUT2D eigenvalue weighted by molar-refractivity contribution is -0.397. The summed E-state index contributed by atoms with van der Waals surface area (Å²) in [5.41, 5.74) is 0.881. The molecule has 1 saturated heterocycles. The summed E-state index contributed by atoms with van der Waals surface area (Å²) in [6.45, 7) is 6.12. The lowest BCUT2D eigenvalue weighted by atomic mass is 10.3. The number of aromatic nitrogens is 2. The molecule has 1 aliphatic rings. The van der Waals surface area contributed by atoms with Crippen molar-refractivity contribution >= 4 is 57.1 Å². The minimum atomic E-state index is -3.32. The van der Waals surface area contributed by atoms with Crippen LogP contribution in [-0.2, 0) is 21.6 Å². The topological polar surface area (TPSA) is 93.7 Å². The molecule has 13 heteroatoms. The molecule has 0 aliphatic carbocycles. The van der Waals surface area contributed by atoms with Gasteiger partial charge in [0.05, 0.1) is 11.9 Å². The van der Waals surface area contributed by atoms with E-state index in [2.05, 4.69) is 36.8 Å². The summed E-state index contributed by atoms with van der Waals surface area (Å²) in [6, 6.07) is -0.217. The van der Waals surface area contributed by atoms with Gasteiger partial charge in [-0.15, -0.1) is 11.6 Å². The van der Waals surface area contributed by atoms with Crippen LogP contribution in [0.4, 0.5) is 5.95 Å². The lowest BCUT2D eigenvalue weighted by Gasteiger charge is -2.35. The van der Waals surface area contributed by atoms with E-state index in [0.717, 1.165) is 12.8 Å². The minimum Gasteiger partial charge on any atom is -0.390 e. The van der Waals surface area contributed by atoms with Gasteiger partial charge < -0.3 is 10.1 Å². The molecule has 1 unspecified atom stereocenters. The standard InChI is InChI=1S/C16H27Br2ClN5O4P/c1-13(2)23-15(14(11-19)20-16(23)24(25)26)12-28-29(27,21-7-3-4-8-21)22(9-5-17)10-6-18/h13H,3-12H2,1-2H3. The first-order valence-corrected chi connectivity index (χ1v) is 13.8. The van der Waals surface area contributed by atoms with Crippen LogP contribution in [0.3, 0.4) is 0 Å². The fourth-order valence-electron chi connectivity index (χ4n) is 3.43. The Morgan fingerprint density at radius 1 is 1.31 bits per heavy atom. The third-order valence-electron chi connectivity index (χ3n) is 4.73. The molecule has 0 N–H and O–H groups in total. The monoisotopic (exact) mass is 577 g/mol. The number of nitro groups is 1. The van der Waals surface area contributed by atoms with E-state index in [0.29, 0.717) is 48.2 Å². The summed E-state index contributed by atoms with van der Waals surface area (Å²) in [6.07, 6.45) is 1.93. The number of nitrogens with zero attached hydrogens (tertiary/aromatic N) is 5. The summed E-state index contributed by atoms with van der Waals surface area (Å²) in [5, 5.41) is 12.8. The number of imidazole rings is 1. The maximum Gasteiger partial charge on any atom is 0.435 e. The average molecular weight is 580 g/mol. The molecule has 1 fully saturated rings. The highest BCUT2D eigenvalue weighted by Gasteiger charge is 2.41. The number of hydrogen-bond acceptors (Lipinski definition) is 5. The summed E-state index contributed by atoms with van der Waals surface area (Å²) in [4.78, 5) is 15.0. The molecule has 0 spiro atoms. The van der Waals surface area contributed by atoms with Gasteiger partial charge in [0.2, 0.25) is 0 Å². The molecule has 2 heterocycles. The molecular formula is C16H27Br2ClN5O4P. The fraction of sp³-hybridized carbons (Fsp3) is 0.812. The van der Waals surface area contributed by atoms with Gasteiger partial charge in [-0.1, -0.05) is 36.8 Å². The van der Waals surface area contributed by atoms with Crippen LogP contribution in [0.15, 0.2) is 0 Å². The number of hydrogen-bond donors (Lipinski definition) is 0. The van der Waals surface area contributed by atoms with Crippen molar-refractivity contribution in [2.45, 2.75) is 45.2 Å². The van der Waals surface area contributed by atoms with E-state index in [4.69, 9.17) is 16.1 Å². The quantitative estimate of drug-likeness (QED) is 0.150. The van der Waals surface area contributed by atoms with Crippen LogP contribution >= 0.6 is 51.1 Å². The van der Waals surface area contributed by atoms with Crippen LogP contribution in [-0.4, -0.2) is 60.7 Å². The van der Waals surface area contributed by atoms with Crippen molar-refractivity contribution < 1.29 is 14.0 Å². The fourth-order valence-corrected chi connectivity index (χ4v) is 7.52. The lowest BCUT2D eigenvalue weighted by Crippen LogP contribution is -2.34. The van der Waals surface area contributed by atoms with Crippen LogP contribution in [0, 0.1) is 10.1 Å². The van der Waals surface area contributed by atoms with E-state index in [9.17, 15) is 14.7 Å². The van der Waals surface area contributed by atoms with Crippen molar-refractivity contribution in [1.82, 2.24) is 18.9 Å². The molecule has 0 bridgehead atoms. The summed E-state index contributed by atoms with van der Waals surface area (Å²) in [7, 11) is -3.32. The predicted octanol–water partition coefficient (Wildman–Crippen LogP) is 4.92. The second-order valence-corrected chi connectivity index (χ2v) is 11.1. The largest absolute Gasteiger partial charge is 0.435 e. The highest BCUT2D eigenvalue weighted by Crippen LogP contribution is 2.56. The Kier molecular flexibility index (Phi) is 10.0. The Morgan fingerprint density at radius 3 is 2.34 bits per heavy atom. The van der Waals surface area contributed by atoms with Crippen molar-refractivity contribution in [3.63, 3.8) is 0 Å². The maximum absolute atomic E-state index is 14.1. The van der Waals surface area contributed by atoms with Gasteiger partial charge in [-0.3, -0.25) is 9.09 Å². The van der Waals surface area contributed by atoms with E-state index < -0.39 is 12.6 Å². The van der Waals surface area contributed by atoms with Crippen LogP contribution in [0.5, 0.6) is 0 Å². The Labute approximate surface area is 193 Å². The Balaban J connectivity index is 2.40. The molecule has 2 rings (SSSR count). The SMILES string of the molecule is CC(C)n1c([N+](=O)[O-])nc(CCl)c1COP(=O)(N(CCBr)CCBr)N1CCCC1. The van der Waals surface area contributed by atoms with Crippen molar-refractivity contribution in [3.8, 4) is 0 Å². The summed E-state index contributed by atoms with van der Waals surface area (Å²) in [5.74, 6) is -0.261. The molecule has 29 heavy (non-hydrogen) atoms. The van der Waals surface area contributed by atoms with E-state index in [1.54, 1.807) is 0 Å². The molecule has 1 aromatic rings. The smallest absolute Gasteiger partial charge is 0.390 e. The van der Waals surface area contributed by atoms with Gasteiger partial charge >= 0.3 is 13.6 Å². The summed E-state index contributed by atoms with van der Waals surface area (Å²) < 4.78 is 25.5. The molecule has 0 radical (unpaired) electrons. The van der Waals surface area contributed by atoms with Crippen LogP contribution < -0.4 is 0 Å². The molecule has 1 atom stereocenters. The van der Waals surface area contributed by atoms with Gasteiger partial charge in [0.25, 0.3) is 0 Å². The van der Waals surface area contributed by atoms with E-state index >= 15 is 0 Å². The second kappa shape index (κ2) is 11.5. The predicted molar refractivity (Wildman–Crippen MR) is 121 cm³/mol. The normalized spacial score (nSPS) is 17.3. The minimum absolute atomic E-state index is 0.0137. The zero-order chi connectivity index (χ0) is 21.6. The number of halogens is 3. The first-order chi connectivity index (χ1) is 13.8. The van der Waals surface area contributed by atoms with Gasteiger partial charge in [-0.05, 0) is 31.6 Å². The van der Waals surface area contributed by atoms with Crippen molar-refractivity contribution in [3.05, 3.63) is 21.5 Å². The number of rotatable bonds is 12. The maximum atomic E-state index is 14.1. The molecular weight excluding hydrogens is 552 g/mol. The zero-order valence-electron chi connectivity index (χ0n) is 16.6. The molecule has 1 aromatic heterocycles. The third-order valence-corrected chi connectivity index (χ3v) is 8.39. The van der Waals surface area contributed by atoms with Crippen molar-refractivity contribution in [2.24, 2.45) is 0 Å². The average Bonchev–Trinajstić information content (AvgIpc) is 3.33.